The van der Waals surface area contributed by atoms with E-state index in [0.29, 0.717) is 29.3 Å². The summed E-state index contributed by atoms with van der Waals surface area (Å²) in [5, 5.41) is 0. The first kappa shape index (κ1) is 12.0. The zero-order valence-electron chi connectivity index (χ0n) is 8.85. The van der Waals surface area contributed by atoms with Gasteiger partial charge in [0.15, 0.2) is 0 Å². The maximum absolute atomic E-state index is 14.3. The lowest BCUT2D eigenvalue weighted by molar-refractivity contribution is 0.170. The van der Waals surface area contributed by atoms with Crippen LogP contribution in [-0.4, -0.2) is 11.7 Å². The lowest BCUT2D eigenvalue weighted by Crippen LogP contribution is -2.25. The Morgan fingerprint density at radius 2 is 2.19 bits per heavy atom. The van der Waals surface area contributed by atoms with Crippen LogP contribution in [0.1, 0.15) is 24.8 Å². The molecule has 0 bridgehead atoms. The SMILES string of the molecule is NC1CCC(F)(Cc2cc(F)cc(Br)c2)C1. The van der Waals surface area contributed by atoms with Crippen molar-refractivity contribution in [2.45, 2.75) is 37.4 Å². The van der Waals surface area contributed by atoms with Gasteiger partial charge in [-0.25, -0.2) is 8.78 Å². The molecular weight excluding hydrogens is 276 g/mol. The predicted molar refractivity (Wildman–Crippen MR) is 63.5 cm³/mol. The van der Waals surface area contributed by atoms with Crippen molar-refractivity contribution in [1.29, 1.82) is 0 Å². The third kappa shape index (κ3) is 2.80. The van der Waals surface area contributed by atoms with Gasteiger partial charge in [0, 0.05) is 16.9 Å². The first-order chi connectivity index (χ1) is 7.47. The molecule has 0 spiro atoms. The minimum absolute atomic E-state index is 0.0537. The summed E-state index contributed by atoms with van der Waals surface area (Å²) in [6, 6.07) is 4.46. The van der Waals surface area contributed by atoms with Crippen molar-refractivity contribution in [3.8, 4) is 0 Å². The van der Waals surface area contributed by atoms with Gasteiger partial charge in [-0.05, 0) is 43.0 Å². The Kier molecular flexibility index (Phi) is 3.31. The van der Waals surface area contributed by atoms with E-state index >= 15 is 0 Å². The average Bonchev–Trinajstić information content (AvgIpc) is 2.43. The van der Waals surface area contributed by atoms with E-state index in [1.165, 1.54) is 12.1 Å². The third-order valence-corrected chi connectivity index (χ3v) is 3.49. The first-order valence-electron chi connectivity index (χ1n) is 5.36. The van der Waals surface area contributed by atoms with Gasteiger partial charge in [0.1, 0.15) is 11.5 Å². The molecule has 1 aromatic carbocycles. The van der Waals surface area contributed by atoms with Gasteiger partial charge >= 0.3 is 0 Å². The van der Waals surface area contributed by atoms with Crippen molar-refractivity contribution < 1.29 is 8.78 Å². The molecule has 0 radical (unpaired) electrons. The van der Waals surface area contributed by atoms with E-state index in [1.54, 1.807) is 6.07 Å². The highest BCUT2D eigenvalue weighted by molar-refractivity contribution is 9.10. The van der Waals surface area contributed by atoms with Crippen LogP contribution in [0.15, 0.2) is 22.7 Å². The van der Waals surface area contributed by atoms with Crippen molar-refractivity contribution >= 4 is 15.9 Å². The summed E-state index contributed by atoms with van der Waals surface area (Å²) in [6.45, 7) is 0. The Hall–Kier alpha value is -0.480. The van der Waals surface area contributed by atoms with Crippen molar-refractivity contribution in [2.75, 3.05) is 0 Å². The van der Waals surface area contributed by atoms with Crippen molar-refractivity contribution in [3.05, 3.63) is 34.1 Å². The van der Waals surface area contributed by atoms with E-state index in [4.69, 9.17) is 5.73 Å². The van der Waals surface area contributed by atoms with Crippen molar-refractivity contribution in [2.24, 2.45) is 5.73 Å². The molecule has 0 aromatic heterocycles. The Balaban J connectivity index is 2.14. The quantitative estimate of drug-likeness (QED) is 0.888. The summed E-state index contributed by atoms with van der Waals surface area (Å²) in [5.74, 6) is -0.338. The third-order valence-electron chi connectivity index (χ3n) is 3.03. The average molecular weight is 290 g/mol. The second kappa shape index (κ2) is 4.41. The molecule has 1 aromatic rings. The van der Waals surface area contributed by atoms with Gasteiger partial charge in [-0.3, -0.25) is 0 Å². The van der Waals surface area contributed by atoms with Crippen molar-refractivity contribution in [1.82, 2.24) is 0 Å². The van der Waals surface area contributed by atoms with Crippen LogP contribution in [0.2, 0.25) is 0 Å². The number of nitrogens with two attached hydrogens (primary N) is 1. The van der Waals surface area contributed by atoms with Crippen LogP contribution in [0.25, 0.3) is 0 Å². The van der Waals surface area contributed by atoms with Gasteiger partial charge in [-0.1, -0.05) is 15.9 Å². The Bertz CT molecular complexity index is 376. The van der Waals surface area contributed by atoms with Gasteiger partial charge < -0.3 is 5.73 Å². The van der Waals surface area contributed by atoms with Crippen LogP contribution in [0.3, 0.4) is 0 Å². The molecule has 1 nitrogen and oxygen atoms in total. The molecule has 0 heterocycles. The minimum Gasteiger partial charge on any atom is -0.328 e. The zero-order chi connectivity index (χ0) is 11.8. The van der Waals surface area contributed by atoms with Gasteiger partial charge in [0.2, 0.25) is 0 Å². The Morgan fingerprint density at radius 1 is 1.44 bits per heavy atom. The molecule has 0 amide bonds. The molecule has 2 atom stereocenters. The number of halogens is 3. The second-order valence-electron chi connectivity index (χ2n) is 4.61. The number of rotatable bonds is 2. The van der Waals surface area contributed by atoms with Crippen LogP contribution in [0, 0.1) is 5.82 Å². The van der Waals surface area contributed by atoms with Gasteiger partial charge in [-0.15, -0.1) is 0 Å². The van der Waals surface area contributed by atoms with Crippen LogP contribution in [0.4, 0.5) is 8.78 Å². The molecule has 16 heavy (non-hydrogen) atoms. The molecule has 2 N–H and O–H groups in total. The normalized spacial score (nSPS) is 29.6. The molecule has 1 aliphatic carbocycles. The number of benzene rings is 1. The maximum Gasteiger partial charge on any atom is 0.124 e. The Labute approximate surface area is 102 Å². The summed E-state index contributed by atoms with van der Waals surface area (Å²) in [6.07, 6.45) is 1.81. The molecule has 0 aliphatic heterocycles. The van der Waals surface area contributed by atoms with Crippen LogP contribution >= 0.6 is 15.9 Å². The van der Waals surface area contributed by atoms with Gasteiger partial charge in [0.25, 0.3) is 0 Å². The highest BCUT2D eigenvalue weighted by Crippen LogP contribution is 2.36. The van der Waals surface area contributed by atoms with E-state index in [9.17, 15) is 8.78 Å². The molecule has 2 unspecified atom stereocenters. The highest BCUT2D eigenvalue weighted by Gasteiger charge is 2.37. The summed E-state index contributed by atoms with van der Waals surface area (Å²) < 4.78 is 28.1. The molecule has 2 rings (SSSR count). The van der Waals surface area contributed by atoms with Gasteiger partial charge in [0.05, 0.1) is 0 Å². The standard InChI is InChI=1S/C12H14BrF2N/c13-9-3-8(4-10(14)5-9)6-12(15)2-1-11(16)7-12/h3-5,11H,1-2,6-7,16H2. The molecule has 0 saturated heterocycles. The molecule has 1 aliphatic rings. The first-order valence-corrected chi connectivity index (χ1v) is 6.16. The van der Waals surface area contributed by atoms with Crippen LogP contribution < -0.4 is 5.73 Å². The number of hydrogen-bond acceptors (Lipinski definition) is 1. The maximum atomic E-state index is 14.3. The predicted octanol–water partition coefficient (Wildman–Crippen LogP) is 3.35. The molecule has 4 heteroatoms. The fourth-order valence-electron chi connectivity index (χ4n) is 2.36. The fraction of sp³-hybridized carbons (Fsp3) is 0.500. The summed E-state index contributed by atoms with van der Waals surface area (Å²) in [5.41, 5.74) is 5.13. The lowest BCUT2D eigenvalue weighted by atomic mass is 9.94. The molecule has 1 saturated carbocycles. The molecule has 1 fully saturated rings. The monoisotopic (exact) mass is 289 g/mol. The van der Waals surface area contributed by atoms with Crippen molar-refractivity contribution in [3.63, 3.8) is 0 Å². The zero-order valence-corrected chi connectivity index (χ0v) is 10.4. The van der Waals surface area contributed by atoms with E-state index in [-0.39, 0.29) is 18.3 Å². The van der Waals surface area contributed by atoms with Crippen LogP contribution in [0.5, 0.6) is 0 Å². The minimum atomic E-state index is -1.26. The second-order valence-corrected chi connectivity index (χ2v) is 5.52. The van der Waals surface area contributed by atoms with E-state index in [2.05, 4.69) is 15.9 Å². The number of alkyl halides is 1. The number of hydrogen-bond donors (Lipinski definition) is 1. The largest absolute Gasteiger partial charge is 0.328 e. The Morgan fingerprint density at radius 3 is 2.75 bits per heavy atom. The topological polar surface area (TPSA) is 26.0 Å². The summed E-state index contributed by atoms with van der Waals surface area (Å²) in [4.78, 5) is 0. The smallest absolute Gasteiger partial charge is 0.124 e. The van der Waals surface area contributed by atoms with E-state index in [0.717, 1.165) is 0 Å². The molecule has 88 valence electrons. The van der Waals surface area contributed by atoms with Gasteiger partial charge in [-0.2, -0.15) is 0 Å². The fourth-order valence-corrected chi connectivity index (χ4v) is 2.87. The van der Waals surface area contributed by atoms with E-state index in [1.807, 2.05) is 0 Å². The summed E-state index contributed by atoms with van der Waals surface area (Å²) >= 11 is 3.20. The van der Waals surface area contributed by atoms with E-state index < -0.39 is 5.67 Å². The molecular formula is C12H14BrF2N. The lowest BCUT2D eigenvalue weighted by Gasteiger charge is -2.19. The van der Waals surface area contributed by atoms with Crippen LogP contribution in [-0.2, 0) is 6.42 Å². The summed E-state index contributed by atoms with van der Waals surface area (Å²) in [7, 11) is 0. The highest BCUT2D eigenvalue weighted by atomic mass is 79.9.